The lowest BCUT2D eigenvalue weighted by Crippen LogP contribution is -2.37. The molecule has 2 heterocycles. The van der Waals surface area contributed by atoms with E-state index in [4.69, 9.17) is 0 Å². The third-order valence-electron chi connectivity index (χ3n) is 4.28. The van der Waals surface area contributed by atoms with Gasteiger partial charge in [0.1, 0.15) is 17.5 Å². The van der Waals surface area contributed by atoms with Crippen molar-refractivity contribution in [1.29, 1.82) is 0 Å². The average molecular weight is 382 g/mol. The highest BCUT2D eigenvalue weighted by molar-refractivity contribution is 7.91. The molecule has 1 aromatic carbocycles. The van der Waals surface area contributed by atoms with Gasteiger partial charge < -0.3 is 10.2 Å². The van der Waals surface area contributed by atoms with Gasteiger partial charge in [-0.25, -0.2) is 22.2 Å². The number of aromatic nitrogens is 2. The third-order valence-corrected chi connectivity index (χ3v) is 6.03. The molecule has 1 saturated heterocycles. The SMILES string of the molecule is CCN(c1nc(C)cc(Nc2ccc(F)cc2F)n1)C1CCS(=O)(=O)C1. The molecule has 9 heteroatoms. The quantitative estimate of drug-likeness (QED) is 0.857. The standard InChI is InChI=1S/C17H20F2N4O2S/c1-3-23(13-6-7-26(24,25)10-13)17-20-11(2)8-16(22-17)21-15-5-4-12(18)9-14(15)19/h4-5,8-9,13H,3,6-7,10H2,1-2H3,(H,20,21,22). The molecular formula is C17H20F2N4O2S. The fraction of sp³-hybridized carbons (Fsp3) is 0.412. The van der Waals surface area contributed by atoms with Crippen molar-refractivity contribution in [3.63, 3.8) is 0 Å². The van der Waals surface area contributed by atoms with E-state index in [1.165, 1.54) is 6.07 Å². The van der Waals surface area contributed by atoms with Crippen LogP contribution >= 0.6 is 0 Å². The molecule has 0 spiro atoms. The van der Waals surface area contributed by atoms with E-state index < -0.39 is 21.5 Å². The number of nitrogens with one attached hydrogen (secondary N) is 1. The molecular weight excluding hydrogens is 362 g/mol. The second-order valence-electron chi connectivity index (χ2n) is 6.29. The smallest absolute Gasteiger partial charge is 0.227 e. The summed E-state index contributed by atoms with van der Waals surface area (Å²) in [6.45, 7) is 4.23. The van der Waals surface area contributed by atoms with Crippen LogP contribution in [0.2, 0.25) is 0 Å². The highest BCUT2D eigenvalue weighted by Crippen LogP contribution is 2.25. The Kier molecular flexibility index (Phi) is 5.08. The summed E-state index contributed by atoms with van der Waals surface area (Å²) in [5, 5.41) is 2.83. The molecule has 140 valence electrons. The zero-order valence-corrected chi connectivity index (χ0v) is 15.4. The van der Waals surface area contributed by atoms with Gasteiger partial charge in [0.2, 0.25) is 5.95 Å². The van der Waals surface area contributed by atoms with E-state index in [-0.39, 0.29) is 23.2 Å². The first-order chi connectivity index (χ1) is 12.3. The van der Waals surface area contributed by atoms with Crippen LogP contribution in [0.1, 0.15) is 19.0 Å². The van der Waals surface area contributed by atoms with Gasteiger partial charge in [0.05, 0.1) is 17.2 Å². The summed E-state index contributed by atoms with van der Waals surface area (Å²) in [6.07, 6.45) is 0.531. The van der Waals surface area contributed by atoms with Crippen molar-refractivity contribution in [3.8, 4) is 0 Å². The van der Waals surface area contributed by atoms with E-state index in [0.29, 0.717) is 30.4 Å². The average Bonchev–Trinajstić information content (AvgIpc) is 2.90. The molecule has 1 aromatic heterocycles. The van der Waals surface area contributed by atoms with E-state index in [1.54, 1.807) is 13.0 Å². The molecule has 0 radical (unpaired) electrons. The Balaban J connectivity index is 1.89. The highest BCUT2D eigenvalue weighted by Gasteiger charge is 2.33. The molecule has 0 bridgehead atoms. The number of benzene rings is 1. The molecule has 1 aliphatic rings. The Morgan fingerprint density at radius 2 is 2.04 bits per heavy atom. The number of sulfone groups is 1. The second kappa shape index (κ2) is 7.14. The second-order valence-corrected chi connectivity index (χ2v) is 8.52. The summed E-state index contributed by atoms with van der Waals surface area (Å²) in [5.41, 5.74) is 0.751. The predicted octanol–water partition coefficient (Wildman–Crippen LogP) is 2.82. The Morgan fingerprint density at radius 3 is 2.65 bits per heavy atom. The molecule has 1 atom stereocenters. The number of rotatable bonds is 5. The van der Waals surface area contributed by atoms with Crippen LogP contribution in [0.3, 0.4) is 0 Å². The largest absolute Gasteiger partial charge is 0.338 e. The van der Waals surface area contributed by atoms with Crippen molar-refractivity contribution in [3.05, 3.63) is 41.6 Å². The maximum atomic E-state index is 13.9. The van der Waals surface area contributed by atoms with Crippen LogP contribution in [-0.4, -0.2) is 42.5 Å². The normalized spacial score (nSPS) is 18.7. The molecule has 1 fully saturated rings. The summed E-state index contributed by atoms with van der Waals surface area (Å²) < 4.78 is 50.5. The van der Waals surface area contributed by atoms with Gasteiger partial charge >= 0.3 is 0 Å². The Morgan fingerprint density at radius 1 is 1.27 bits per heavy atom. The van der Waals surface area contributed by atoms with E-state index >= 15 is 0 Å². The van der Waals surface area contributed by atoms with Crippen LogP contribution in [0, 0.1) is 18.6 Å². The number of nitrogens with zero attached hydrogens (tertiary/aromatic N) is 3. The van der Waals surface area contributed by atoms with Crippen LogP contribution in [0.15, 0.2) is 24.3 Å². The number of aryl methyl sites for hydroxylation is 1. The third kappa shape index (κ3) is 4.09. The van der Waals surface area contributed by atoms with Gasteiger partial charge in [-0.3, -0.25) is 0 Å². The zero-order chi connectivity index (χ0) is 18.9. The molecule has 6 nitrogen and oxygen atoms in total. The fourth-order valence-electron chi connectivity index (χ4n) is 3.06. The Bertz CT molecular complexity index is 921. The molecule has 0 saturated carbocycles. The maximum absolute atomic E-state index is 13.9. The monoisotopic (exact) mass is 382 g/mol. The van der Waals surface area contributed by atoms with Gasteiger partial charge in [-0.15, -0.1) is 0 Å². The number of hydrogen-bond donors (Lipinski definition) is 1. The summed E-state index contributed by atoms with van der Waals surface area (Å²) >= 11 is 0. The molecule has 2 aromatic rings. The summed E-state index contributed by atoms with van der Waals surface area (Å²) in [6, 6.07) is 4.71. The van der Waals surface area contributed by atoms with Crippen LogP contribution in [0.4, 0.5) is 26.2 Å². The number of halogens is 2. The first kappa shape index (κ1) is 18.5. The summed E-state index contributed by atoms with van der Waals surface area (Å²) in [4.78, 5) is 10.7. The van der Waals surface area contributed by atoms with Crippen molar-refractivity contribution in [1.82, 2.24) is 9.97 Å². The Labute approximate surface area is 151 Å². The van der Waals surface area contributed by atoms with E-state index in [9.17, 15) is 17.2 Å². The van der Waals surface area contributed by atoms with Crippen LogP contribution < -0.4 is 10.2 Å². The minimum Gasteiger partial charge on any atom is -0.338 e. The maximum Gasteiger partial charge on any atom is 0.227 e. The lowest BCUT2D eigenvalue weighted by Gasteiger charge is -2.27. The van der Waals surface area contributed by atoms with Crippen LogP contribution in [-0.2, 0) is 9.84 Å². The van der Waals surface area contributed by atoms with Crippen molar-refractivity contribution >= 4 is 27.3 Å². The molecule has 1 unspecified atom stereocenters. The number of hydrogen-bond acceptors (Lipinski definition) is 6. The van der Waals surface area contributed by atoms with Crippen molar-refractivity contribution in [2.45, 2.75) is 26.3 Å². The summed E-state index contributed by atoms with van der Waals surface area (Å²) in [7, 11) is -3.04. The van der Waals surface area contributed by atoms with Gasteiger partial charge in [0.15, 0.2) is 9.84 Å². The van der Waals surface area contributed by atoms with Gasteiger partial charge in [-0.05, 0) is 32.4 Å². The van der Waals surface area contributed by atoms with Gasteiger partial charge in [0, 0.05) is 30.4 Å². The fourth-order valence-corrected chi connectivity index (χ4v) is 4.79. The molecule has 0 aliphatic carbocycles. The van der Waals surface area contributed by atoms with Crippen molar-refractivity contribution in [2.75, 3.05) is 28.3 Å². The minimum absolute atomic E-state index is 0.0769. The molecule has 26 heavy (non-hydrogen) atoms. The highest BCUT2D eigenvalue weighted by atomic mass is 32.2. The first-order valence-corrected chi connectivity index (χ1v) is 10.1. The molecule has 3 rings (SSSR count). The van der Waals surface area contributed by atoms with Gasteiger partial charge in [0.25, 0.3) is 0 Å². The minimum atomic E-state index is -3.04. The van der Waals surface area contributed by atoms with Crippen LogP contribution in [0.25, 0.3) is 0 Å². The van der Waals surface area contributed by atoms with E-state index in [2.05, 4.69) is 15.3 Å². The summed E-state index contributed by atoms with van der Waals surface area (Å²) in [5.74, 6) is -0.402. The van der Waals surface area contributed by atoms with Gasteiger partial charge in [-0.2, -0.15) is 4.98 Å². The Hall–Kier alpha value is -2.29. The number of anilines is 3. The van der Waals surface area contributed by atoms with Crippen molar-refractivity contribution in [2.24, 2.45) is 0 Å². The van der Waals surface area contributed by atoms with E-state index in [1.807, 2.05) is 11.8 Å². The first-order valence-electron chi connectivity index (χ1n) is 8.32. The lowest BCUT2D eigenvalue weighted by atomic mass is 10.2. The van der Waals surface area contributed by atoms with Crippen molar-refractivity contribution < 1.29 is 17.2 Å². The molecule has 1 N–H and O–H groups in total. The van der Waals surface area contributed by atoms with E-state index in [0.717, 1.165) is 12.1 Å². The molecule has 1 aliphatic heterocycles. The molecule has 0 amide bonds. The predicted molar refractivity (Wildman–Crippen MR) is 96.5 cm³/mol. The van der Waals surface area contributed by atoms with Gasteiger partial charge in [-0.1, -0.05) is 0 Å². The lowest BCUT2D eigenvalue weighted by molar-refractivity contribution is 0.585. The zero-order valence-electron chi connectivity index (χ0n) is 14.5. The van der Waals surface area contributed by atoms with Crippen LogP contribution in [0.5, 0.6) is 0 Å². The topological polar surface area (TPSA) is 75.2 Å².